The lowest BCUT2D eigenvalue weighted by Crippen LogP contribution is -2.04. The Morgan fingerprint density at radius 2 is 1.12 bits per heavy atom. The monoisotopic (exact) mass is 664 g/mol. The summed E-state index contributed by atoms with van der Waals surface area (Å²) >= 11 is 0. The zero-order chi connectivity index (χ0) is 34.6. The Balaban J connectivity index is 1.19. The first-order chi connectivity index (χ1) is 25.7. The minimum absolute atomic E-state index is 0.670. The van der Waals surface area contributed by atoms with Gasteiger partial charge < -0.3 is 4.42 Å². The molecule has 0 bridgehead atoms. The summed E-state index contributed by atoms with van der Waals surface area (Å²) in [6.07, 6.45) is 0. The van der Waals surface area contributed by atoms with Crippen molar-refractivity contribution in [2.75, 3.05) is 0 Å². The third-order valence-electron chi connectivity index (χ3n) is 10.2. The quantitative estimate of drug-likeness (QED) is 0.102. The van der Waals surface area contributed by atoms with Gasteiger partial charge in [-0.1, -0.05) is 146 Å². The van der Waals surface area contributed by atoms with E-state index in [2.05, 4.69) is 165 Å². The number of furan rings is 1. The summed E-state index contributed by atoms with van der Waals surface area (Å²) in [5, 5.41) is 9.46. The van der Waals surface area contributed by atoms with Crippen molar-refractivity contribution in [3.05, 3.63) is 187 Å². The first-order valence-electron chi connectivity index (χ1n) is 17.7. The van der Waals surface area contributed by atoms with Crippen LogP contribution in [0.2, 0.25) is 0 Å². The SMILES string of the molecule is CC(=NC(=Nc1cccc2ccccc12)c1cccc(-c2ccc3c(c2)c2c(-c4ccccc4)ccc4oc5cccc3c5c42)c1)c1ccccc1. The predicted octanol–water partition coefficient (Wildman–Crippen LogP) is 13.4. The molecule has 0 amide bonds. The lowest BCUT2D eigenvalue weighted by Gasteiger charge is -2.14. The molecule has 10 rings (SSSR count). The molecule has 0 radical (unpaired) electrons. The van der Waals surface area contributed by atoms with Gasteiger partial charge in [-0.3, -0.25) is 0 Å². The fraction of sp³-hybridized carbons (Fsp3) is 0.0204. The zero-order valence-electron chi connectivity index (χ0n) is 28.5. The van der Waals surface area contributed by atoms with Crippen molar-refractivity contribution < 1.29 is 4.42 Å². The molecule has 3 nitrogen and oxygen atoms in total. The van der Waals surface area contributed by atoms with Gasteiger partial charge in [0.15, 0.2) is 5.84 Å². The van der Waals surface area contributed by atoms with Gasteiger partial charge in [0, 0.05) is 32.8 Å². The van der Waals surface area contributed by atoms with E-state index in [9.17, 15) is 0 Å². The van der Waals surface area contributed by atoms with Crippen molar-refractivity contribution in [3.8, 4) is 22.3 Å². The van der Waals surface area contributed by atoms with Gasteiger partial charge in [0.05, 0.1) is 5.69 Å². The molecule has 0 aliphatic carbocycles. The molecule has 0 spiro atoms. The number of amidine groups is 1. The van der Waals surface area contributed by atoms with Crippen molar-refractivity contribution in [2.24, 2.45) is 9.98 Å². The van der Waals surface area contributed by atoms with Crippen LogP contribution in [0.15, 0.2) is 190 Å². The molecule has 1 aromatic heterocycles. The van der Waals surface area contributed by atoms with Crippen LogP contribution in [-0.2, 0) is 0 Å². The third-order valence-corrected chi connectivity index (χ3v) is 10.2. The zero-order valence-corrected chi connectivity index (χ0v) is 28.5. The van der Waals surface area contributed by atoms with Crippen molar-refractivity contribution in [1.82, 2.24) is 0 Å². The topological polar surface area (TPSA) is 37.9 Å². The molecule has 9 aromatic carbocycles. The molecule has 3 heteroatoms. The Kier molecular flexibility index (Phi) is 7.04. The molecule has 0 aliphatic heterocycles. The minimum atomic E-state index is 0.670. The molecule has 10 aromatic rings. The van der Waals surface area contributed by atoms with E-state index in [1.807, 2.05) is 18.2 Å². The van der Waals surface area contributed by atoms with E-state index in [0.29, 0.717) is 5.84 Å². The van der Waals surface area contributed by atoms with E-state index >= 15 is 0 Å². The average Bonchev–Trinajstić information content (AvgIpc) is 3.60. The number of benzene rings is 9. The van der Waals surface area contributed by atoms with Gasteiger partial charge in [0.1, 0.15) is 11.2 Å². The van der Waals surface area contributed by atoms with Crippen LogP contribution in [0.25, 0.3) is 76.5 Å². The normalized spacial score (nSPS) is 12.6. The molecule has 0 atom stereocenters. The van der Waals surface area contributed by atoms with Crippen LogP contribution >= 0.6 is 0 Å². The highest BCUT2D eigenvalue weighted by atomic mass is 16.3. The van der Waals surface area contributed by atoms with Crippen molar-refractivity contribution in [3.63, 3.8) is 0 Å². The summed E-state index contributed by atoms with van der Waals surface area (Å²) in [6, 6.07) is 61.8. The van der Waals surface area contributed by atoms with E-state index < -0.39 is 0 Å². The van der Waals surface area contributed by atoms with Crippen LogP contribution in [-0.4, -0.2) is 11.5 Å². The van der Waals surface area contributed by atoms with Crippen LogP contribution in [0.5, 0.6) is 0 Å². The molecular weight excluding hydrogens is 633 g/mol. The Morgan fingerprint density at radius 3 is 2.00 bits per heavy atom. The predicted molar refractivity (Wildman–Crippen MR) is 220 cm³/mol. The van der Waals surface area contributed by atoms with Crippen molar-refractivity contribution >= 4 is 71.5 Å². The summed E-state index contributed by atoms with van der Waals surface area (Å²) in [7, 11) is 0. The maximum absolute atomic E-state index is 6.45. The maximum atomic E-state index is 6.45. The van der Waals surface area contributed by atoms with Crippen LogP contribution in [0, 0.1) is 0 Å². The van der Waals surface area contributed by atoms with Gasteiger partial charge in [-0.25, -0.2) is 9.98 Å². The lowest BCUT2D eigenvalue weighted by atomic mass is 9.88. The second-order valence-corrected chi connectivity index (χ2v) is 13.3. The molecule has 0 N–H and O–H groups in total. The lowest BCUT2D eigenvalue weighted by molar-refractivity contribution is 0.669. The average molecular weight is 665 g/mol. The van der Waals surface area contributed by atoms with E-state index in [-0.39, 0.29) is 0 Å². The fourth-order valence-corrected chi connectivity index (χ4v) is 7.75. The molecule has 52 heavy (non-hydrogen) atoms. The van der Waals surface area contributed by atoms with Crippen LogP contribution < -0.4 is 0 Å². The summed E-state index contributed by atoms with van der Waals surface area (Å²) < 4.78 is 6.45. The first kappa shape index (κ1) is 30.0. The van der Waals surface area contributed by atoms with E-state index in [0.717, 1.165) is 55.6 Å². The molecule has 1 heterocycles. The number of rotatable bonds is 5. The standard InChI is InChI=1S/C49H32N2O/c1-31(32-13-4-2-5-14-32)50-49(51-43-23-11-18-33-17-8-9-21-38(33)43)37-20-10-19-35(29-37)36-25-26-40-41-22-12-24-44-47(41)48-45(52-44)28-27-39(46(48)42(40)30-36)34-15-6-3-7-16-34/h2-30H,1H3. The molecule has 0 aliphatic rings. The summed E-state index contributed by atoms with van der Waals surface area (Å²) in [5.41, 5.74) is 10.3. The van der Waals surface area contributed by atoms with Gasteiger partial charge in [0.2, 0.25) is 0 Å². The van der Waals surface area contributed by atoms with Crippen LogP contribution in [0.4, 0.5) is 5.69 Å². The van der Waals surface area contributed by atoms with Crippen LogP contribution in [0.3, 0.4) is 0 Å². The number of nitrogens with zero attached hydrogens (tertiary/aromatic N) is 2. The second kappa shape index (κ2) is 12.2. The van der Waals surface area contributed by atoms with E-state index in [1.54, 1.807) is 0 Å². The first-order valence-corrected chi connectivity index (χ1v) is 17.7. The number of aliphatic imine (C=N–C) groups is 2. The van der Waals surface area contributed by atoms with Gasteiger partial charge in [-0.15, -0.1) is 0 Å². The Hall–Kier alpha value is -6.84. The Labute approximate surface area is 301 Å². The molecule has 0 saturated carbocycles. The Morgan fingerprint density at radius 1 is 0.442 bits per heavy atom. The molecule has 0 fully saturated rings. The number of fused-ring (bicyclic) bond motifs is 4. The van der Waals surface area contributed by atoms with Crippen LogP contribution in [0.1, 0.15) is 18.1 Å². The third kappa shape index (κ3) is 4.98. The van der Waals surface area contributed by atoms with Gasteiger partial charge in [-0.2, -0.15) is 0 Å². The van der Waals surface area contributed by atoms with Gasteiger partial charge in [-0.05, 0) is 86.6 Å². The Bertz CT molecular complexity index is 3000. The highest BCUT2D eigenvalue weighted by molar-refractivity contribution is 6.35. The largest absolute Gasteiger partial charge is 0.456 e. The highest BCUT2D eigenvalue weighted by Gasteiger charge is 2.20. The van der Waals surface area contributed by atoms with E-state index in [1.165, 1.54) is 43.4 Å². The molecule has 244 valence electrons. The van der Waals surface area contributed by atoms with E-state index in [4.69, 9.17) is 14.4 Å². The summed E-state index contributed by atoms with van der Waals surface area (Å²) in [5.74, 6) is 0.670. The van der Waals surface area contributed by atoms with Crippen molar-refractivity contribution in [1.29, 1.82) is 0 Å². The van der Waals surface area contributed by atoms with Crippen molar-refractivity contribution in [2.45, 2.75) is 6.92 Å². The molecule has 0 saturated heterocycles. The minimum Gasteiger partial charge on any atom is -0.456 e. The number of hydrogen-bond donors (Lipinski definition) is 0. The second-order valence-electron chi connectivity index (χ2n) is 13.3. The smallest absolute Gasteiger partial charge is 0.160 e. The summed E-state index contributed by atoms with van der Waals surface area (Å²) in [4.78, 5) is 10.5. The highest BCUT2D eigenvalue weighted by Crippen LogP contribution is 2.46. The summed E-state index contributed by atoms with van der Waals surface area (Å²) in [6.45, 7) is 2.05. The maximum Gasteiger partial charge on any atom is 0.160 e. The van der Waals surface area contributed by atoms with Gasteiger partial charge in [0.25, 0.3) is 0 Å². The number of hydrogen-bond acceptors (Lipinski definition) is 2. The fourth-order valence-electron chi connectivity index (χ4n) is 7.75. The van der Waals surface area contributed by atoms with Gasteiger partial charge >= 0.3 is 0 Å². The molecular formula is C49H32N2O. The molecule has 0 unspecified atom stereocenters.